The number of rotatable bonds is 6. The van der Waals surface area contributed by atoms with Crippen molar-refractivity contribution in [3.8, 4) is 5.75 Å². The maximum atomic E-state index is 5.24. The number of ether oxygens (including phenoxy) is 1. The van der Waals surface area contributed by atoms with E-state index in [1.807, 2.05) is 0 Å². The van der Waals surface area contributed by atoms with Crippen LogP contribution in [0.25, 0.3) is 0 Å². The molecule has 0 radical (unpaired) electrons. The first-order valence-corrected chi connectivity index (χ1v) is 7.63. The lowest BCUT2D eigenvalue weighted by Gasteiger charge is -2.22. The average Bonchev–Trinajstić information content (AvgIpc) is 3.23. The van der Waals surface area contributed by atoms with Crippen LogP contribution in [0.5, 0.6) is 5.75 Å². The fourth-order valence-corrected chi connectivity index (χ4v) is 2.97. The summed E-state index contributed by atoms with van der Waals surface area (Å²) in [5, 5.41) is 3.79. The number of benzene rings is 1. The van der Waals surface area contributed by atoms with Crippen molar-refractivity contribution in [1.82, 2.24) is 16.2 Å². The highest BCUT2D eigenvalue weighted by atomic mass is 35.5. The van der Waals surface area contributed by atoms with Gasteiger partial charge < -0.3 is 10.1 Å². The standard InChI is InChI=1S/C16H25N3O.ClH/c1-11-14(10-18-19-11)9-17-16(12-3-4-12)13-5-7-15(20-2)8-6-13;/h5-8,11-12,14,16-19H,3-4,9-10H2,1-2H3;1H. The third-order valence-electron chi connectivity index (χ3n) is 4.57. The summed E-state index contributed by atoms with van der Waals surface area (Å²) in [6.45, 7) is 4.36. The van der Waals surface area contributed by atoms with Crippen molar-refractivity contribution in [2.75, 3.05) is 20.2 Å². The Kier molecular flexibility index (Phi) is 5.88. The van der Waals surface area contributed by atoms with Crippen LogP contribution < -0.4 is 20.9 Å². The molecule has 2 aliphatic rings. The molecule has 0 spiro atoms. The first-order chi connectivity index (χ1) is 9.78. The van der Waals surface area contributed by atoms with E-state index in [-0.39, 0.29) is 12.4 Å². The summed E-state index contributed by atoms with van der Waals surface area (Å²) < 4.78 is 5.24. The molecule has 1 saturated heterocycles. The van der Waals surface area contributed by atoms with E-state index in [1.165, 1.54) is 18.4 Å². The van der Waals surface area contributed by atoms with Gasteiger partial charge in [-0.05, 0) is 43.4 Å². The molecule has 21 heavy (non-hydrogen) atoms. The number of nitrogens with one attached hydrogen (secondary N) is 3. The Morgan fingerprint density at radius 3 is 2.52 bits per heavy atom. The Balaban J connectivity index is 0.00000161. The summed E-state index contributed by atoms with van der Waals surface area (Å²) in [4.78, 5) is 0. The van der Waals surface area contributed by atoms with Crippen LogP contribution in [0.15, 0.2) is 24.3 Å². The molecule has 3 atom stereocenters. The van der Waals surface area contributed by atoms with E-state index in [9.17, 15) is 0 Å². The average molecular weight is 312 g/mol. The van der Waals surface area contributed by atoms with Gasteiger partial charge in [-0.3, -0.25) is 10.9 Å². The summed E-state index contributed by atoms with van der Waals surface area (Å²) in [7, 11) is 1.72. The molecule has 4 nitrogen and oxygen atoms in total. The minimum absolute atomic E-state index is 0. The van der Waals surface area contributed by atoms with Crippen LogP contribution >= 0.6 is 12.4 Å². The van der Waals surface area contributed by atoms with E-state index in [1.54, 1.807) is 7.11 Å². The van der Waals surface area contributed by atoms with Crippen molar-refractivity contribution >= 4 is 12.4 Å². The van der Waals surface area contributed by atoms with Crippen molar-refractivity contribution < 1.29 is 4.74 Å². The zero-order valence-electron chi connectivity index (χ0n) is 12.8. The van der Waals surface area contributed by atoms with Gasteiger partial charge >= 0.3 is 0 Å². The lowest BCUT2D eigenvalue weighted by molar-refractivity contribution is 0.396. The van der Waals surface area contributed by atoms with Crippen LogP contribution in [0.1, 0.15) is 31.4 Å². The molecule has 1 aliphatic heterocycles. The lowest BCUT2D eigenvalue weighted by Crippen LogP contribution is -2.34. The molecule has 118 valence electrons. The van der Waals surface area contributed by atoms with E-state index in [0.717, 1.165) is 24.8 Å². The maximum Gasteiger partial charge on any atom is 0.118 e. The molecule has 0 aromatic heterocycles. The Bertz CT molecular complexity index is 436. The number of hydrazine groups is 1. The van der Waals surface area contributed by atoms with Gasteiger partial charge in [0.2, 0.25) is 0 Å². The summed E-state index contributed by atoms with van der Waals surface area (Å²) in [6, 6.07) is 9.56. The van der Waals surface area contributed by atoms with Crippen LogP contribution in [0.2, 0.25) is 0 Å². The first kappa shape index (κ1) is 16.6. The molecule has 3 N–H and O–H groups in total. The fraction of sp³-hybridized carbons (Fsp3) is 0.625. The zero-order chi connectivity index (χ0) is 13.9. The third kappa shape index (κ3) is 4.10. The molecular weight excluding hydrogens is 286 g/mol. The summed E-state index contributed by atoms with van der Waals surface area (Å²) in [6.07, 6.45) is 2.70. The van der Waals surface area contributed by atoms with Crippen molar-refractivity contribution in [2.24, 2.45) is 11.8 Å². The largest absolute Gasteiger partial charge is 0.497 e. The second kappa shape index (κ2) is 7.45. The van der Waals surface area contributed by atoms with Gasteiger partial charge in [0.25, 0.3) is 0 Å². The Hall–Kier alpha value is -0.810. The normalized spacial score (nSPS) is 26.2. The van der Waals surface area contributed by atoms with Gasteiger partial charge in [-0.1, -0.05) is 12.1 Å². The van der Waals surface area contributed by atoms with E-state index in [2.05, 4.69) is 47.4 Å². The molecule has 3 unspecified atom stereocenters. The quantitative estimate of drug-likeness (QED) is 0.754. The Labute approximate surface area is 133 Å². The molecule has 2 fully saturated rings. The van der Waals surface area contributed by atoms with Gasteiger partial charge in [-0.25, -0.2) is 0 Å². The van der Waals surface area contributed by atoms with Crippen molar-refractivity contribution in [1.29, 1.82) is 0 Å². The van der Waals surface area contributed by atoms with Gasteiger partial charge in [0.1, 0.15) is 5.75 Å². The van der Waals surface area contributed by atoms with Crippen LogP contribution in [0, 0.1) is 11.8 Å². The second-order valence-corrected chi connectivity index (χ2v) is 6.07. The highest BCUT2D eigenvalue weighted by molar-refractivity contribution is 5.85. The highest BCUT2D eigenvalue weighted by Gasteiger charge is 2.33. The molecule has 1 aromatic rings. The molecule has 1 heterocycles. The molecule has 5 heteroatoms. The summed E-state index contributed by atoms with van der Waals surface area (Å²) in [5.74, 6) is 2.40. The maximum absolute atomic E-state index is 5.24. The Morgan fingerprint density at radius 1 is 1.29 bits per heavy atom. The van der Waals surface area contributed by atoms with Crippen molar-refractivity contribution in [3.05, 3.63) is 29.8 Å². The minimum atomic E-state index is 0. The lowest BCUT2D eigenvalue weighted by atomic mass is 9.99. The fourth-order valence-electron chi connectivity index (χ4n) is 2.97. The highest BCUT2D eigenvalue weighted by Crippen LogP contribution is 2.41. The molecule has 3 rings (SSSR count). The topological polar surface area (TPSA) is 45.3 Å². The van der Waals surface area contributed by atoms with E-state index in [4.69, 9.17) is 4.74 Å². The predicted octanol–water partition coefficient (Wildman–Crippen LogP) is 2.27. The molecule has 0 amide bonds. The third-order valence-corrected chi connectivity index (χ3v) is 4.57. The van der Waals surface area contributed by atoms with Gasteiger partial charge in [-0.15, -0.1) is 12.4 Å². The molecular formula is C16H26ClN3O. The van der Waals surface area contributed by atoms with E-state index in [0.29, 0.717) is 18.0 Å². The van der Waals surface area contributed by atoms with Crippen molar-refractivity contribution in [2.45, 2.75) is 31.8 Å². The van der Waals surface area contributed by atoms with Crippen LogP contribution in [-0.4, -0.2) is 26.2 Å². The molecule has 0 bridgehead atoms. The summed E-state index contributed by atoms with van der Waals surface area (Å²) in [5.41, 5.74) is 7.91. The molecule has 1 saturated carbocycles. The number of halogens is 1. The monoisotopic (exact) mass is 311 g/mol. The van der Waals surface area contributed by atoms with Crippen LogP contribution in [0.4, 0.5) is 0 Å². The van der Waals surface area contributed by atoms with Crippen LogP contribution in [0.3, 0.4) is 0 Å². The first-order valence-electron chi connectivity index (χ1n) is 7.63. The van der Waals surface area contributed by atoms with Gasteiger partial charge in [0, 0.05) is 31.1 Å². The number of hydrogen-bond acceptors (Lipinski definition) is 4. The predicted molar refractivity (Wildman–Crippen MR) is 87.8 cm³/mol. The van der Waals surface area contributed by atoms with Crippen molar-refractivity contribution in [3.63, 3.8) is 0 Å². The SMILES string of the molecule is COc1ccc(C(NCC2CNNC2C)C2CC2)cc1.Cl. The van der Waals surface area contributed by atoms with E-state index >= 15 is 0 Å². The molecule has 1 aliphatic carbocycles. The van der Waals surface area contributed by atoms with Gasteiger partial charge in [-0.2, -0.15) is 0 Å². The Morgan fingerprint density at radius 2 is 2.00 bits per heavy atom. The van der Waals surface area contributed by atoms with E-state index < -0.39 is 0 Å². The number of methoxy groups -OCH3 is 1. The zero-order valence-corrected chi connectivity index (χ0v) is 13.6. The van der Waals surface area contributed by atoms with Gasteiger partial charge in [0.15, 0.2) is 0 Å². The minimum Gasteiger partial charge on any atom is -0.497 e. The summed E-state index contributed by atoms with van der Waals surface area (Å²) >= 11 is 0. The smallest absolute Gasteiger partial charge is 0.118 e. The number of hydrogen-bond donors (Lipinski definition) is 3. The molecule has 1 aromatic carbocycles. The second-order valence-electron chi connectivity index (χ2n) is 6.07. The van der Waals surface area contributed by atoms with Crippen LogP contribution in [-0.2, 0) is 0 Å². The van der Waals surface area contributed by atoms with Gasteiger partial charge in [0.05, 0.1) is 7.11 Å².